The van der Waals surface area contributed by atoms with Crippen LogP contribution in [0.3, 0.4) is 0 Å². The fraction of sp³-hybridized carbons (Fsp3) is 0.533. The van der Waals surface area contributed by atoms with E-state index < -0.39 is 36.0 Å². The predicted molar refractivity (Wildman–Crippen MR) is 81.4 cm³/mol. The first-order valence-corrected chi connectivity index (χ1v) is 7.25. The summed E-state index contributed by atoms with van der Waals surface area (Å²) in [6.45, 7) is 5.23. The summed E-state index contributed by atoms with van der Waals surface area (Å²) in [6.07, 6.45) is -1.45. The van der Waals surface area contributed by atoms with Gasteiger partial charge in [-0.2, -0.15) is 0 Å². The number of ether oxygens (including phenoxy) is 1. The van der Waals surface area contributed by atoms with Gasteiger partial charge in [0.1, 0.15) is 5.60 Å². The van der Waals surface area contributed by atoms with Crippen LogP contribution >= 0.6 is 11.6 Å². The van der Waals surface area contributed by atoms with E-state index in [1.54, 1.807) is 26.8 Å². The number of anilines is 1. The van der Waals surface area contributed by atoms with Gasteiger partial charge in [0.05, 0.1) is 16.2 Å². The molecule has 0 atom stereocenters. The van der Waals surface area contributed by atoms with Crippen LogP contribution in [0.5, 0.6) is 0 Å². The van der Waals surface area contributed by atoms with Crippen LogP contribution in [-0.4, -0.2) is 17.6 Å². The van der Waals surface area contributed by atoms with Crippen LogP contribution < -0.4 is 11.1 Å². The smallest absolute Gasteiger partial charge is 0.412 e. The number of carbonyl (C=O) groups is 1. The third-order valence-electron chi connectivity index (χ3n) is 3.33. The maximum Gasteiger partial charge on any atom is 0.412 e. The minimum atomic E-state index is -2.73. The highest BCUT2D eigenvalue weighted by Crippen LogP contribution is 2.50. The van der Waals surface area contributed by atoms with Gasteiger partial charge in [-0.3, -0.25) is 5.32 Å². The van der Waals surface area contributed by atoms with E-state index in [0.29, 0.717) is 11.3 Å². The van der Waals surface area contributed by atoms with Gasteiger partial charge in [-0.15, -0.1) is 0 Å². The lowest BCUT2D eigenvalue weighted by molar-refractivity contribution is -0.125. The molecule has 7 heteroatoms. The standard InChI is InChI=1S/C15H19ClF2N2O2/c1-13(2,3)22-12(21)20-11-5-4-9(6-10(11)16)14(19)7-15(17,18)8-14/h4-6H,7-8,19H2,1-3H3,(H,20,21). The molecule has 4 nitrogen and oxygen atoms in total. The van der Waals surface area contributed by atoms with E-state index in [2.05, 4.69) is 5.32 Å². The van der Waals surface area contributed by atoms with Gasteiger partial charge in [0, 0.05) is 12.8 Å². The Morgan fingerprint density at radius 1 is 1.36 bits per heavy atom. The van der Waals surface area contributed by atoms with E-state index in [1.807, 2.05) is 0 Å². The Bertz CT molecular complexity index is 592. The van der Waals surface area contributed by atoms with E-state index in [-0.39, 0.29) is 5.02 Å². The Hall–Kier alpha value is -1.40. The summed E-state index contributed by atoms with van der Waals surface area (Å²) in [7, 11) is 0. The number of alkyl halides is 2. The Kier molecular flexibility index (Phi) is 4.13. The molecule has 1 aromatic carbocycles. The lowest BCUT2D eigenvalue weighted by atomic mass is 9.70. The minimum Gasteiger partial charge on any atom is -0.444 e. The summed E-state index contributed by atoms with van der Waals surface area (Å²) in [5.41, 5.74) is 5.12. The van der Waals surface area contributed by atoms with Crippen LogP contribution in [0, 0.1) is 0 Å². The van der Waals surface area contributed by atoms with Gasteiger partial charge in [-0.25, -0.2) is 13.6 Å². The number of nitrogens with two attached hydrogens (primary N) is 1. The number of rotatable bonds is 2. The van der Waals surface area contributed by atoms with Crippen molar-refractivity contribution in [3.63, 3.8) is 0 Å². The lowest BCUT2D eigenvalue weighted by Crippen LogP contribution is -2.55. The largest absolute Gasteiger partial charge is 0.444 e. The second-order valence-corrected chi connectivity index (χ2v) is 7.09. The fourth-order valence-electron chi connectivity index (χ4n) is 2.42. The molecule has 3 N–H and O–H groups in total. The van der Waals surface area contributed by atoms with Gasteiger partial charge < -0.3 is 10.5 Å². The first-order chi connectivity index (χ1) is 9.90. The van der Waals surface area contributed by atoms with Gasteiger partial charge in [-0.1, -0.05) is 17.7 Å². The van der Waals surface area contributed by atoms with E-state index >= 15 is 0 Å². The molecule has 1 saturated carbocycles. The molecule has 0 saturated heterocycles. The highest BCUT2D eigenvalue weighted by Gasteiger charge is 2.55. The Morgan fingerprint density at radius 2 is 1.95 bits per heavy atom. The molecule has 1 aromatic rings. The van der Waals surface area contributed by atoms with Crippen molar-refractivity contribution in [3.05, 3.63) is 28.8 Å². The highest BCUT2D eigenvalue weighted by molar-refractivity contribution is 6.33. The molecule has 0 bridgehead atoms. The van der Waals surface area contributed by atoms with E-state index in [9.17, 15) is 13.6 Å². The Balaban J connectivity index is 2.09. The van der Waals surface area contributed by atoms with Crippen LogP contribution in [0.1, 0.15) is 39.2 Å². The van der Waals surface area contributed by atoms with Crippen molar-refractivity contribution < 1.29 is 18.3 Å². The zero-order valence-corrected chi connectivity index (χ0v) is 13.4. The molecule has 2 rings (SSSR count). The zero-order valence-electron chi connectivity index (χ0n) is 12.7. The molecule has 1 aliphatic rings. The molecule has 0 aliphatic heterocycles. The fourth-order valence-corrected chi connectivity index (χ4v) is 2.64. The summed E-state index contributed by atoms with van der Waals surface area (Å²) in [5.74, 6) is -2.73. The van der Waals surface area contributed by atoms with Crippen molar-refractivity contribution in [2.24, 2.45) is 5.73 Å². The first-order valence-electron chi connectivity index (χ1n) is 6.87. The van der Waals surface area contributed by atoms with Crippen LogP contribution in [0.15, 0.2) is 18.2 Å². The summed E-state index contributed by atoms with van der Waals surface area (Å²) in [5, 5.41) is 2.74. The van der Waals surface area contributed by atoms with Gasteiger partial charge in [-0.05, 0) is 38.5 Å². The first kappa shape index (κ1) is 17.0. The number of amides is 1. The molecule has 0 unspecified atom stereocenters. The minimum absolute atomic E-state index is 0.225. The zero-order chi connectivity index (χ0) is 16.8. The topological polar surface area (TPSA) is 64.3 Å². The molecule has 22 heavy (non-hydrogen) atoms. The van der Waals surface area contributed by atoms with Gasteiger partial charge in [0.25, 0.3) is 5.92 Å². The van der Waals surface area contributed by atoms with E-state index in [4.69, 9.17) is 22.1 Å². The molecule has 1 amide bonds. The predicted octanol–water partition coefficient (Wildman–Crippen LogP) is 4.27. The quantitative estimate of drug-likeness (QED) is 0.850. The van der Waals surface area contributed by atoms with Crippen molar-refractivity contribution in [1.82, 2.24) is 0 Å². The molecular weight excluding hydrogens is 314 g/mol. The number of halogens is 3. The summed E-state index contributed by atoms with van der Waals surface area (Å²) < 4.78 is 31.2. The van der Waals surface area contributed by atoms with Gasteiger partial charge in [0.15, 0.2) is 0 Å². The van der Waals surface area contributed by atoms with Crippen molar-refractivity contribution in [2.45, 2.75) is 50.7 Å². The van der Waals surface area contributed by atoms with Crippen LogP contribution in [-0.2, 0) is 10.3 Å². The van der Waals surface area contributed by atoms with E-state index in [0.717, 1.165) is 0 Å². The lowest BCUT2D eigenvalue weighted by Gasteiger charge is -2.45. The Morgan fingerprint density at radius 3 is 2.41 bits per heavy atom. The number of hydrogen-bond donors (Lipinski definition) is 2. The van der Waals surface area contributed by atoms with Crippen molar-refractivity contribution in [2.75, 3.05) is 5.32 Å². The molecule has 0 aromatic heterocycles. The number of nitrogens with one attached hydrogen (secondary N) is 1. The van der Waals surface area contributed by atoms with Gasteiger partial charge in [0.2, 0.25) is 0 Å². The molecule has 0 heterocycles. The molecule has 1 aliphatic carbocycles. The third-order valence-corrected chi connectivity index (χ3v) is 3.64. The normalized spacial score (nSPS) is 19.2. The monoisotopic (exact) mass is 332 g/mol. The average molecular weight is 333 g/mol. The van der Waals surface area contributed by atoms with Crippen LogP contribution in [0.25, 0.3) is 0 Å². The number of hydrogen-bond acceptors (Lipinski definition) is 3. The molecule has 1 fully saturated rings. The van der Waals surface area contributed by atoms with Crippen LogP contribution in [0.4, 0.5) is 19.3 Å². The number of carbonyl (C=O) groups excluding carboxylic acids is 1. The SMILES string of the molecule is CC(C)(C)OC(=O)Nc1ccc(C2(N)CC(F)(F)C2)cc1Cl. The second-order valence-electron chi connectivity index (χ2n) is 6.69. The molecule has 0 radical (unpaired) electrons. The molecule has 122 valence electrons. The van der Waals surface area contributed by atoms with Crippen LogP contribution in [0.2, 0.25) is 5.02 Å². The molecular formula is C15H19ClF2N2O2. The van der Waals surface area contributed by atoms with E-state index in [1.165, 1.54) is 12.1 Å². The maximum atomic E-state index is 13.0. The maximum absolute atomic E-state index is 13.0. The second kappa shape index (κ2) is 5.35. The third kappa shape index (κ3) is 3.87. The van der Waals surface area contributed by atoms with Crippen molar-refractivity contribution >= 4 is 23.4 Å². The Labute approximate surface area is 133 Å². The summed E-state index contributed by atoms with van der Waals surface area (Å²) in [4.78, 5) is 11.7. The van der Waals surface area contributed by atoms with Crippen molar-refractivity contribution in [3.8, 4) is 0 Å². The highest BCUT2D eigenvalue weighted by atomic mass is 35.5. The summed E-state index contributed by atoms with van der Waals surface area (Å²) in [6, 6.07) is 4.63. The number of benzene rings is 1. The van der Waals surface area contributed by atoms with Crippen molar-refractivity contribution in [1.29, 1.82) is 0 Å². The molecule has 0 spiro atoms. The average Bonchev–Trinajstić information content (AvgIpc) is 2.26. The summed E-state index contributed by atoms with van der Waals surface area (Å²) >= 11 is 6.09. The van der Waals surface area contributed by atoms with Gasteiger partial charge >= 0.3 is 6.09 Å².